The molecule has 2 aromatic carbocycles. The summed E-state index contributed by atoms with van der Waals surface area (Å²) < 4.78 is 58.8. The Bertz CT molecular complexity index is 3690. The van der Waals surface area contributed by atoms with E-state index in [0.717, 1.165) is 11.9 Å². The number of ether oxygens (including phenoxy) is 8. The van der Waals surface area contributed by atoms with Gasteiger partial charge in [-0.3, -0.25) is 9.59 Å². The van der Waals surface area contributed by atoms with Crippen LogP contribution in [-0.2, 0) is 28.4 Å². The number of anilines is 2. The monoisotopic (exact) mass is 1220 g/mol. The first-order chi connectivity index (χ1) is 37.3. The number of aromatic amines is 3. The summed E-state index contributed by atoms with van der Waals surface area (Å²) >= 11 is 6.72. The van der Waals surface area contributed by atoms with Crippen LogP contribution in [0.2, 0.25) is 0 Å². The van der Waals surface area contributed by atoms with Crippen molar-refractivity contribution in [2.45, 2.75) is 109 Å². The molecule has 0 aliphatic carbocycles. The molecule has 418 valence electrons. The van der Waals surface area contributed by atoms with E-state index in [0.29, 0.717) is 5.69 Å². The van der Waals surface area contributed by atoms with Gasteiger partial charge in [-0.1, -0.05) is 0 Å². The van der Waals surface area contributed by atoms with Crippen molar-refractivity contribution in [1.29, 1.82) is 0 Å². The first-order valence-electron chi connectivity index (χ1n) is 24.2. The number of aliphatic hydroxyl groups is 1. The predicted molar refractivity (Wildman–Crippen MR) is 286 cm³/mol. The standard InChI is InChI=1S/C53H53Br2N5O19/c1-20-10-13-28(57-20)47(66)74-31-18-32(78-52(4,5)43(31)70-8)73-30-15-12-24-37(61)35(50(69)76-41(24)33(30)55)60-46(65)34-22(3)26(19-56-34)45(64)59-36-38(62)25-16-23(17-27(54)40(25)75-49(36)68)72-51-39(63)42(44(71-9)53(6,7)79-51)77-48(67)29-14-11-21(2)58-29/h10-17,19,31-32,39,42-44,51,56-58,61-63H,18H2,1-9H3,(H,59,64)(H,60,65)/t31?,32-,39?,42?,43-,44-,51+/m1/s1. The van der Waals surface area contributed by atoms with Gasteiger partial charge < -0.3 is 87.6 Å². The molecule has 7 heterocycles. The van der Waals surface area contributed by atoms with Gasteiger partial charge in [-0.2, -0.15) is 0 Å². The fraction of sp³-hybridized carbons (Fsp3) is 0.358. The maximum atomic E-state index is 13.8. The lowest BCUT2D eigenvalue weighted by Gasteiger charge is -2.47. The van der Waals surface area contributed by atoms with Gasteiger partial charge in [0.1, 0.15) is 51.4 Å². The normalized spacial score (nSPS) is 21.6. The molecule has 24 nitrogen and oxygen atoms in total. The number of amides is 2. The fourth-order valence-corrected chi connectivity index (χ4v) is 10.7. The van der Waals surface area contributed by atoms with Crippen LogP contribution >= 0.6 is 31.9 Å². The molecule has 2 amide bonds. The summed E-state index contributed by atoms with van der Waals surface area (Å²) in [5.41, 5.74) is -4.71. The highest BCUT2D eigenvalue weighted by Crippen LogP contribution is 2.43. The minimum atomic E-state index is -1.62. The van der Waals surface area contributed by atoms with E-state index >= 15 is 0 Å². The molecule has 7 atom stereocenters. The number of H-pyrrole nitrogens is 3. The van der Waals surface area contributed by atoms with Crippen molar-refractivity contribution in [3.63, 3.8) is 0 Å². The van der Waals surface area contributed by atoms with Gasteiger partial charge in [0.25, 0.3) is 11.8 Å². The number of nitrogens with one attached hydrogen (secondary N) is 5. The smallest absolute Gasteiger partial charge is 0.364 e. The summed E-state index contributed by atoms with van der Waals surface area (Å²) in [4.78, 5) is 89.0. The number of hydrogen-bond donors (Lipinski definition) is 8. The minimum Gasteiger partial charge on any atom is -0.505 e. The van der Waals surface area contributed by atoms with Crippen molar-refractivity contribution >= 4 is 88.9 Å². The zero-order valence-electron chi connectivity index (χ0n) is 43.6. The summed E-state index contributed by atoms with van der Waals surface area (Å²) in [5, 5.41) is 38.9. The molecule has 0 saturated carbocycles. The third-order valence-corrected chi connectivity index (χ3v) is 14.8. The molecule has 0 bridgehead atoms. The summed E-state index contributed by atoms with van der Waals surface area (Å²) in [5.74, 6) is -4.66. The Hall–Kier alpha value is -7.46. The molecule has 9 rings (SSSR count). The first-order valence-corrected chi connectivity index (χ1v) is 25.8. The molecule has 2 aliphatic heterocycles. The van der Waals surface area contributed by atoms with Crippen LogP contribution in [0.5, 0.6) is 23.0 Å². The molecule has 0 radical (unpaired) electrons. The van der Waals surface area contributed by atoms with Gasteiger partial charge in [0.05, 0.1) is 32.0 Å². The SMILES string of the molecule is CO[C@@H]1C(OC(=O)c2ccc(C)[nH]2)C[C@H](Oc2ccc3c(O)c(NC(=O)c4[nH]cc(C(=O)Nc5c(O)c6cc(O[C@H]7OC(C)(C)[C@H](OC)C(OC(=O)c8ccc(C)[nH]8)C7O)cc(Br)c6oc5=O)c4C)c(=O)oc3c2Br)OC1(C)C. The second-order valence-electron chi connectivity index (χ2n) is 19.8. The quantitative estimate of drug-likeness (QED) is 0.0385. The largest absolute Gasteiger partial charge is 0.505 e. The van der Waals surface area contributed by atoms with Crippen LogP contribution < -0.4 is 31.4 Å². The first kappa shape index (κ1) is 56.3. The van der Waals surface area contributed by atoms with E-state index in [1.165, 1.54) is 51.5 Å². The molecule has 8 N–H and O–H groups in total. The van der Waals surface area contributed by atoms with Crippen LogP contribution in [0.4, 0.5) is 11.4 Å². The molecule has 7 aromatic rings. The molecule has 2 saturated heterocycles. The second kappa shape index (κ2) is 21.6. The lowest BCUT2D eigenvalue weighted by Crippen LogP contribution is -2.65. The summed E-state index contributed by atoms with van der Waals surface area (Å²) in [6.45, 7) is 11.7. The minimum absolute atomic E-state index is 0.0188. The number of benzene rings is 2. The predicted octanol–water partition coefficient (Wildman–Crippen LogP) is 7.51. The summed E-state index contributed by atoms with van der Waals surface area (Å²) in [7, 11) is 2.85. The van der Waals surface area contributed by atoms with Gasteiger partial charge in [0.2, 0.25) is 12.6 Å². The number of aliphatic hydroxyl groups excluding tert-OH is 1. The molecule has 3 unspecified atom stereocenters. The van der Waals surface area contributed by atoms with Crippen molar-refractivity contribution in [1.82, 2.24) is 15.0 Å². The van der Waals surface area contributed by atoms with Gasteiger partial charge >= 0.3 is 23.2 Å². The van der Waals surface area contributed by atoms with Crippen LogP contribution in [0.1, 0.15) is 92.9 Å². The van der Waals surface area contributed by atoms with Crippen LogP contribution in [0.3, 0.4) is 0 Å². The number of carbonyl (C=O) groups excluding carboxylic acids is 4. The lowest BCUT2D eigenvalue weighted by molar-refractivity contribution is -0.305. The van der Waals surface area contributed by atoms with E-state index in [1.807, 2.05) is 0 Å². The van der Waals surface area contributed by atoms with Crippen LogP contribution in [0.25, 0.3) is 21.9 Å². The van der Waals surface area contributed by atoms with Crippen molar-refractivity contribution in [3.8, 4) is 23.0 Å². The Labute approximate surface area is 464 Å². The van der Waals surface area contributed by atoms with Gasteiger partial charge in [-0.25, -0.2) is 19.2 Å². The molecule has 2 fully saturated rings. The van der Waals surface area contributed by atoms with Crippen molar-refractivity contribution in [3.05, 3.63) is 124 Å². The van der Waals surface area contributed by atoms with E-state index in [2.05, 4.69) is 57.4 Å². The number of rotatable bonds is 14. The number of hydrogen-bond acceptors (Lipinski definition) is 19. The fourth-order valence-electron chi connectivity index (χ4n) is 9.68. The summed E-state index contributed by atoms with van der Waals surface area (Å²) in [6.07, 6.45) is -6.67. The molecule has 2 aliphatic rings. The molecule has 26 heteroatoms. The average molecular weight is 1220 g/mol. The summed E-state index contributed by atoms with van der Waals surface area (Å²) in [6, 6.07) is 12.0. The number of fused-ring (bicyclic) bond motifs is 2. The molecular formula is C53H53Br2N5O19. The highest BCUT2D eigenvalue weighted by molar-refractivity contribution is 9.11. The Balaban J connectivity index is 0.898. The Morgan fingerprint density at radius 2 is 1.30 bits per heavy atom. The average Bonchev–Trinajstić information content (AvgIpc) is 4.25. The third-order valence-electron chi connectivity index (χ3n) is 13.5. The second-order valence-corrected chi connectivity index (χ2v) is 21.5. The number of carbonyl (C=O) groups is 4. The van der Waals surface area contributed by atoms with E-state index < -0.39 is 112 Å². The van der Waals surface area contributed by atoms with Crippen molar-refractivity contribution in [2.75, 3.05) is 24.9 Å². The number of aryl methyl sites for hydroxylation is 2. The lowest BCUT2D eigenvalue weighted by atomic mass is 9.89. The third kappa shape index (κ3) is 10.9. The number of esters is 2. The van der Waals surface area contributed by atoms with Gasteiger partial charge in [0.15, 0.2) is 46.2 Å². The van der Waals surface area contributed by atoms with E-state index in [4.69, 9.17) is 46.7 Å². The Morgan fingerprint density at radius 1 is 0.722 bits per heavy atom. The van der Waals surface area contributed by atoms with Crippen LogP contribution in [-0.4, -0.2) is 123 Å². The number of aromatic hydroxyl groups is 2. The van der Waals surface area contributed by atoms with Gasteiger partial charge in [-0.05, 0) is 134 Å². The van der Waals surface area contributed by atoms with Crippen molar-refractivity contribution in [2.24, 2.45) is 0 Å². The maximum absolute atomic E-state index is 13.8. The number of methoxy groups -OCH3 is 2. The van der Waals surface area contributed by atoms with Crippen LogP contribution in [0.15, 0.2) is 82.1 Å². The zero-order valence-corrected chi connectivity index (χ0v) is 46.7. The maximum Gasteiger partial charge on any atom is 0.364 e. The molecule has 0 spiro atoms. The molecule has 79 heavy (non-hydrogen) atoms. The Kier molecular flexibility index (Phi) is 15.4. The highest BCUT2D eigenvalue weighted by Gasteiger charge is 2.53. The van der Waals surface area contributed by atoms with Crippen molar-refractivity contribution < 1.29 is 81.2 Å². The van der Waals surface area contributed by atoms with E-state index in [9.17, 15) is 44.1 Å². The van der Waals surface area contributed by atoms with Gasteiger partial charge in [-0.15, -0.1) is 0 Å². The number of halogens is 2. The zero-order chi connectivity index (χ0) is 57.2. The van der Waals surface area contributed by atoms with E-state index in [1.54, 1.807) is 59.7 Å². The number of aromatic nitrogens is 3. The molecule has 5 aromatic heterocycles. The highest BCUT2D eigenvalue weighted by atomic mass is 79.9. The van der Waals surface area contributed by atoms with Crippen LogP contribution in [0, 0.1) is 20.8 Å². The topological polar surface area (TPSA) is 335 Å². The van der Waals surface area contributed by atoms with E-state index in [-0.39, 0.29) is 77.0 Å². The molecular weight excluding hydrogens is 1170 g/mol. The Morgan fingerprint density at radius 3 is 1.91 bits per heavy atom. The van der Waals surface area contributed by atoms with Gasteiger partial charge in [0, 0.05) is 38.2 Å².